The van der Waals surface area contributed by atoms with Gasteiger partial charge in [-0.2, -0.15) is 0 Å². The predicted molar refractivity (Wildman–Crippen MR) is 63.8 cm³/mol. The van der Waals surface area contributed by atoms with E-state index in [9.17, 15) is 9.18 Å². The van der Waals surface area contributed by atoms with Crippen molar-refractivity contribution in [1.29, 1.82) is 0 Å². The van der Waals surface area contributed by atoms with Gasteiger partial charge in [0.05, 0.1) is 12.2 Å². The Kier molecular flexibility index (Phi) is 3.81. The van der Waals surface area contributed by atoms with Crippen LogP contribution in [0.5, 0.6) is 5.75 Å². The number of hydrogen-bond donors (Lipinski definition) is 2. The number of carbonyl (C=O) groups excluding carboxylic acids is 1. The normalized spacial score (nSPS) is 15.2. The summed E-state index contributed by atoms with van der Waals surface area (Å²) in [6.07, 6.45) is 2.84. The summed E-state index contributed by atoms with van der Waals surface area (Å²) in [5.74, 6) is -1.37. The molecule has 1 aliphatic rings. The van der Waals surface area contributed by atoms with Crippen molar-refractivity contribution in [2.45, 2.75) is 25.3 Å². The molecule has 1 fully saturated rings. The van der Waals surface area contributed by atoms with Crippen LogP contribution in [0.2, 0.25) is 0 Å². The molecule has 0 aromatic heterocycles. The second kappa shape index (κ2) is 5.35. The number of aromatic hydroxyl groups is 1. The number of phenolic OH excluding ortho intramolecular Hbond substituents is 1. The molecule has 0 saturated heterocycles. The first kappa shape index (κ1) is 12.8. The van der Waals surface area contributed by atoms with Crippen molar-refractivity contribution in [2.75, 3.05) is 13.2 Å². The molecule has 0 bridgehead atoms. The van der Waals surface area contributed by atoms with Crippen LogP contribution in [0.15, 0.2) is 18.2 Å². The predicted octanol–water partition coefficient (Wildman–Crippen LogP) is 1.52. The van der Waals surface area contributed by atoms with Gasteiger partial charge in [-0.3, -0.25) is 4.79 Å². The largest absolute Gasteiger partial charge is 0.508 e. The molecule has 0 spiro atoms. The lowest BCUT2D eigenvalue weighted by molar-refractivity contribution is 0.0521. The average molecular weight is 253 g/mol. The topological polar surface area (TPSA) is 60.8 Å². The molecule has 98 valence electrons. The van der Waals surface area contributed by atoms with Crippen molar-refractivity contribution in [3.63, 3.8) is 0 Å². The first-order valence-electron chi connectivity index (χ1n) is 6.04. The summed E-state index contributed by atoms with van der Waals surface area (Å²) in [6.45, 7) is 0.0752. The molecular formula is C13H16FNO3. The highest BCUT2D eigenvalue weighted by atomic mass is 19.1. The van der Waals surface area contributed by atoms with Crippen LogP contribution in [0.3, 0.4) is 0 Å². The number of rotatable bonds is 4. The van der Waals surface area contributed by atoms with Gasteiger partial charge in [0.1, 0.15) is 11.6 Å². The second-order valence-electron chi connectivity index (χ2n) is 4.47. The third-order valence-electron chi connectivity index (χ3n) is 3.30. The fourth-order valence-electron chi connectivity index (χ4n) is 2.09. The Morgan fingerprint density at radius 2 is 2.17 bits per heavy atom. The number of hydrogen-bond acceptors (Lipinski definition) is 3. The summed E-state index contributed by atoms with van der Waals surface area (Å²) in [7, 11) is 0. The van der Waals surface area contributed by atoms with E-state index in [-0.39, 0.29) is 30.5 Å². The Bertz CT molecular complexity index is 446. The van der Waals surface area contributed by atoms with Gasteiger partial charge in [-0.25, -0.2) is 4.39 Å². The summed E-state index contributed by atoms with van der Waals surface area (Å²) in [6, 6.07) is 3.58. The standard InChI is InChI=1S/C13H16FNO3/c14-12-8-10(17)4-5-11(12)13(18)15(6-7-16)9-2-1-3-9/h4-5,8-9,16-17H,1-3,6-7H2. The van der Waals surface area contributed by atoms with E-state index in [4.69, 9.17) is 10.2 Å². The molecule has 1 saturated carbocycles. The highest BCUT2D eigenvalue weighted by Gasteiger charge is 2.30. The van der Waals surface area contributed by atoms with Crippen LogP contribution in [0.4, 0.5) is 4.39 Å². The number of nitrogens with zero attached hydrogens (tertiary/aromatic N) is 1. The summed E-state index contributed by atoms with van der Waals surface area (Å²) >= 11 is 0. The minimum atomic E-state index is -0.734. The van der Waals surface area contributed by atoms with E-state index in [0.717, 1.165) is 25.3 Å². The third-order valence-corrected chi connectivity index (χ3v) is 3.30. The van der Waals surface area contributed by atoms with Crippen molar-refractivity contribution in [1.82, 2.24) is 4.90 Å². The molecule has 0 unspecified atom stereocenters. The van der Waals surface area contributed by atoms with Crippen molar-refractivity contribution < 1.29 is 19.4 Å². The molecule has 18 heavy (non-hydrogen) atoms. The Labute approximate surface area is 105 Å². The first-order valence-corrected chi connectivity index (χ1v) is 6.04. The molecule has 1 aliphatic carbocycles. The maximum atomic E-state index is 13.6. The van der Waals surface area contributed by atoms with Gasteiger partial charge in [0.25, 0.3) is 5.91 Å². The van der Waals surface area contributed by atoms with Gasteiger partial charge in [0, 0.05) is 18.7 Å². The molecule has 1 aromatic carbocycles. The highest BCUT2D eigenvalue weighted by molar-refractivity contribution is 5.95. The van der Waals surface area contributed by atoms with Gasteiger partial charge in [-0.05, 0) is 31.4 Å². The molecule has 1 aromatic rings. The van der Waals surface area contributed by atoms with E-state index in [1.54, 1.807) is 0 Å². The number of aliphatic hydroxyl groups excluding tert-OH is 1. The zero-order chi connectivity index (χ0) is 13.1. The quantitative estimate of drug-likeness (QED) is 0.855. The van der Waals surface area contributed by atoms with E-state index in [1.165, 1.54) is 17.0 Å². The Balaban J connectivity index is 2.21. The maximum absolute atomic E-state index is 13.6. The molecule has 0 heterocycles. The summed E-state index contributed by atoms with van der Waals surface area (Å²) in [5, 5.41) is 18.1. The molecular weight excluding hydrogens is 237 g/mol. The van der Waals surface area contributed by atoms with Gasteiger partial charge in [0.15, 0.2) is 0 Å². The number of aliphatic hydroxyl groups is 1. The second-order valence-corrected chi connectivity index (χ2v) is 4.47. The van der Waals surface area contributed by atoms with E-state index in [0.29, 0.717) is 0 Å². The summed E-state index contributed by atoms with van der Waals surface area (Å²) in [5.41, 5.74) is -0.0619. The lowest BCUT2D eigenvalue weighted by atomic mass is 9.91. The number of phenols is 1. The van der Waals surface area contributed by atoms with Crippen LogP contribution >= 0.6 is 0 Å². The number of halogens is 1. The van der Waals surface area contributed by atoms with Gasteiger partial charge in [-0.15, -0.1) is 0 Å². The zero-order valence-corrected chi connectivity index (χ0v) is 9.97. The van der Waals surface area contributed by atoms with Gasteiger partial charge >= 0.3 is 0 Å². The molecule has 2 N–H and O–H groups in total. The Morgan fingerprint density at radius 1 is 1.44 bits per heavy atom. The van der Waals surface area contributed by atoms with Crippen LogP contribution in [-0.4, -0.2) is 40.2 Å². The molecule has 0 radical (unpaired) electrons. The smallest absolute Gasteiger partial charge is 0.257 e. The fraction of sp³-hybridized carbons (Fsp3) is 0.462. The minimum absolute atomic E-state index is 0.0619. The Hall–Kier alpha value is -1.62. The van der Waals surface area contributed by atoms with Gasteiger partial charge in [0.2, 0.25) is 0 Å². The zero-order valence-electron chi connectivity index (χ0n) is 9.97. The number of amides is 1. The average Bonchev–Trinajstić information content (AvgIpc) is 2.25. The highest BCUT2D eigenvalue weighted by Crippen LogP contribution is 2.27. The van der Waals surface area contributed by atoms with E-state index >= 15 is 0 Å². The lowest BCUT2D eigenvalue weighted by Crippen LogP contribution is -2.45. The van der Waals surface area contributed by atoms with Crippen LogP contribution < -0.4 is 0 Å². The number of benzene rings is 1. The molecule has 0 atom stereocenters. The van der Waals surface area contributed by atoms with Gasteiger partial charge in [-0.1, -0.05) is 0 Å². The molecule has 1 amide bonds. The SMILES string of the molecule is O=C(c1ccc(O)cc1F)N(CCO)C1CCC1. The Morgan fingerprint density at radius 3 is 2.67 bits per heavy atom. The lowest BCUT2D eigenvalue weighted by Gasteiger charge is -2.37. The monoisotopic (exact) mass is 253 g/mol. The van der Waals surface area contributed by atoms with E-state index in [1.807, 2.05) is 0 Å². The van der Waals surface area contributed by atoms with Crippen LogP contribution in [-0.2, 0) is 0 Å². The minimum Gasteiger partial charge on any atom is -0.508 e. The molecule has 4 nitrogen and oxygen atoms in total. The fourth-order valence-corrected chi connectivity index (χ4v) is 2.09. The molecule has 2 rings (SSSR count). The molecule has 5 heteroatoms. The van der Waals surface area contributed by atoms with Crippen LogP contribution in [0, 0.1) is 5.82 Å². The van der Waals surface area contributed by atoms with Crippen LogP contribution in [0.25, 0.3) is 0 Å². The maximum Gasteiger partial charge on any atom is 0.257 e. The summed E-state index contributed by atoms with van der Waals surface area (Å²) < 4.78 is 13.6. The molecule has 0 aliphatic heterocycles. The van der Waals surface area contributed by atoms with E-state index < -0.39 is 11.7 Å². The van der Waals surface area contributed by atoms with Crippen molar-refractivity contribution in [2.24, 2.45) is 0 Å². The van der Waals surface area contributed by atoms with Crippen molar-refractivity contribution >= 4 is 5.91 Å². The van der Waals surface area contributed by atoms with Crippen molar-refractivity contribution in [3.05, 3.63) is 29.6 Å². The number of carbonyl (C=O) groups is 1. The van der Waals surface area contributed by atoms with E-state index in [2.05, 4.69) is 0 Å². The first-order chi connectivity index (χ1) is 8.63. The van der Waals surface area contributed by atoms with Gasteiger partial charge < -0.3 is 15.1 Å². The van der Waals surface area contributed by atoms with Crippen LogP contribution in [0.1, 0.15) is 29.6 Å². The summed E-state index contributed by atoms with van der Waals surface area (Å²) in [4.78, 5) is 13.7. The third kappa shape index (κ3) is 2.46. The van der Waals surface area contributed by atoms with Crippen molar-refractivity contribution in [3.8, 4) is 5.75 Å².